The molecule has 3 aromatic heterocycles. The third-order valence-electron chi connectivity index (χ3n) is 5.55. The highest BCUT2D eigenvalue weighted by Gasteiger charge is 2.31. The summed E-state index contributed by atoms with van der Waals surface area (Å²) in [4.78, 5) is 28.9. The molecule has 1 aliphatic carbocycles. The molecule has 168 valence electrons. The Hall–Kier alpha value is -3.43. The van der Waals surface area contributed by atoms with Gasteiger partial charge in [-0.25, -0.2) is 14.5 Å². The van der Waals surface area contributed by atoms with Crippen molar-refractivity contribution in [1.29, 1.82) is 0 Å². The third kappa shape index (κ3) is 4.04. The van der Waals surface area contributed by atoms with Gasteiger partial charge in [0.1, 0.15) is 5.56 Å². The number of rotatable bonds is 6. The lowest BCUT2D eigenvalue weighted by atomic mass is 10.1. The van der Waals surface area contributed by atoms with E-state index in [0.717, 1.165) is 36.4 Å². The van der Waals surface area contributed by atoms with Crippen LogP contribution < -0.4 is 0 Å². The van der Waals surface area contributed by atoms with Gasteiger partial charge in [-0.2, -0.15) is 18.3 Å². The molecule has 1 fully saturated rings. The van der Waals surface area contributed by atoms with Crippen LogP contribution in [0.2, 0.25) is 0 Å². The van der Waals surface area contributed by atoms with E-state index in [1.54, 1.807) is 6.92 Å². The predicted molar refractivity (Wildman–Crippen MR) is 108 cm³/mol. The Morgan fingerprint density at radius 1 is 1.09 bits per heavy atom. The predicted octanol–water partition coefficient (Wildman–Crippen LogP) is 4.39. The zero-order chi connectivity index (χ0) is 23.2. The number of aryl methyl sites for hydroxylation is 1. The summed E-state index contributed by atoms with van der Waals surface area (Å²) in [6.07, 6.45) is -0.375. The van der Waals surface area contributed by atoms with Crippen molar-refractivity contribution in [1.82, 2.24) is 19.3 Å². The summed E-state index contributed by atoms with van der Waals surface area (Å²) in [5.41, 5.74) is 1.95. The first kappa shape index (κ1) is 21.8. The first-order valence-electron chi connectivity index (χ1n) is 10.0. The molecule has 0 radical (unpaired) electrons. The van der Waals surface area contributed by atoms with Crippen molar-refractivity contribution in [3.05, 3.63) is 64.4 Å². The van der Waals surface area contributed by atoms with E-state index >= 15 is 0 Å². The molecular formula is C22H21F3N4O3. The van der Waals surface area contributed by atoms with Crippen LogP contribution in [0, 0.1) is 20.8 Å². The molecule has 0 atom stereocenters. The SMILES string of the molecule is Cc1c(C(=O)OCC(=O)c2cc(C)n(C3CC3)c2C)cnn1-c1ccc(C(F)(F)F)cn1. The van der Waals surface area contributed by atoms with E-state index in [0.29, 0.717) is 23.5 Å². The second kappa shape index (κ2) is 7.92. The minimum atomic E-state index is -4.50. The van der Waals surface area contributed by atoms with Crippen molar-refractivity contribution in [3.63, 3.8) is 0 Å². The molecule has 0 bridgehead atoms. The maximum Gasteiger partial charge on any atom is 0.417 e. The lowest BCUT2D eigenvalue weighted by Gasteiger charge is -2.09. The molecule has 7 nitrogen and oxygen atoms in total. The number of aromatic nitrogens is 4. The molecule has 32 heavy (non-hydrogen) atoms. The number of esters is 1. The Balaban J connectivity index is 1.45. The smallest absolute Gasteiger partial charge is 0.417 e. The van der Waals surface area contributed by atoms with E-state index in [-0.39, 0.29) is 17.2 Å². The Morgan fingerprint density at radius 2 is 1.81 bits per heavy atom. The van der Waals surface area contributed by atoms with Crippen molar-refractivity contribution in [2.24, 2.45) is 0 Å². The van der Waals surface area contributed by atoms with E-state index in [2.05, 4.69) is 14.6 Å². The van der Waals surface area contributed by atoms with Gasteiger partial charge < -0.3 is 9.30 Å². The molecule has 0 N–H and O–H groups in total. The molecule has 4 rings (SSSR count). The Labute approximate surface area is 181 Å². The van der Waals surface area contributed by atoms with Crippen molar-refractivity contribution >= 4 is 11.8 Å². The van der Waals surface area contributed by atoms with Crippen molar-refractivity contribution in [3.8, 4) is 5.82 Å². The van der Waals surface area contributed by atoms with Gasteiger partial charge in [0.05, 0.1) is 17.5 Å². The fourth-order valence-electron chi connectivity index (χ4n) is 3.76. The minimum absolute atomic E-state index is 0.1000. The maximum atomic E-state index is 12.7. The van der Waals surface area contributed by atoms with Crippen LogP contribution in [0.5, 0.6) is 0 Å². The number of alkyl halides is 3. The van der Waals surface area contributed by atoms with Gasteiger partial charge in [-0.3, -0.25) is 4.79 Å². The first-order chi connectivity index (χ1) is 15.1. The zero-order valence-corrected chi connectivity index (χ0v) is 17.7. The molecule has 0 amide bonds. The molecule has 0 aliphatic heterocycles. The number of Topliss-reactive ketones (excluding diaryl/α,β-unsaturated/α-hetero) is 1. The monoisotopic (exact) mass is 446 g/mol. The summed E-state index contributed by atoms with van der Waals surface area (Å²) in [6, 6.07) is 4.30. The van der Waals surface area contributed by atoms with Crippen molar-refractivity contribution in [2.75, 3.05) is 6.61 Å². The maximum absolute atomic E-state index is 12.7. The highest BCUT2D eigenvalue weighted by molar-refractivity contribution is 6.00. The molecule has 3 aromatic rings. The van der Waals surface area contributed by atoms with Crippen LogP contribution in [0.15, 0.2) is 30.6 Å². The molecule has 0 spiro atoms. The van der Waals surface area contributed by atoms with Crippen molar-refractivity contribution in [2.45, 2.75) is 45.8 Å². The standard InChI is InChI=1S/C22H21F3N4O3/c1-12-8-17(13(2)28(12)16-5-6-16)19(30)11-32-21(31)18-10-27-29(14(18)3)20-7-4-15(9-26-20)22(23,24)25/h4,7-10,16H,5-6,11H2,1-3H3. The molecule has 0 aromatic carbocycles. The highest BCUT2D eigenvalue weighted by Crippen LogP contribution is 2.38. The van der Waals surface area contributed by atoms with Gasteiger partial charge >= 0.3 is 12.1 Å². The third-order valence-corrected chi connectivity index (χ3v) is 5.55. The van der Waals surface area contributed by atoms with Crippen LogP contribution in [0.25, 0.3) is 5.82 Å². The van der Waals surface area contributed by atoms with Gasteiger partial charge in [0.25, 0.3) is 0 Å². The molecule has 10 heteroatoms. The van der Waals surface area contributed by atoms with Crippen LogP contribution in [-0.4, -0.2) is 37.7 Å². The average molecular weight is 446 g/mol. The number of ketones is 1. The number of ether oxygens (including phenoxy) is 1. The zero-order valence-electron chi connectivity index (χ0n) is 17.7. The minimum Gasteiger partial charge on any atom is -0.454 e. The highest BCUT2D eigenvalue weighted by atomic mass is 19.4. The van der Waals surface area contributed by atoms with Crippen LogP contribution >= 0.6 is 0 Å². The number of carbonyl (C=O) groups excluding carboxylic acids is 2. The van der Waals surface area contributed by atoms with Gasteiger partial charge in [-0.05, 0) is 51.8 Å². The van der Waals surface area contributed by atoms with Gasteiger partial charge in [-0.1, -0.05) is 0 Å². The topological polar surface area (TPSA) is 79.0 Å². The Kier molecular flexibility index (Phi) is 5.39. The number of pyridine rings is 1. The van der Waals surface area contributed by atoms with Gasteiger partial charge in [0.2, 0.25) is 5.78 Å². The second-order valence-corrected chi connectivity index (χ2v) is 7.84. The first-order valence-corrected chi connectivity index (χ1v) is 10.0. The lowest BCUT2D eigenvalue weighted by molar-refractivity contribution is -0.137. The fourth-order valence-corrected chi connectivity index (χ4v) is 3.76. The van der Waals surface area contributed by atoms with E-state index in [9.17, 15) is 22.8 Å². The summed E-state index contributed by atoms with van der Waals surface area (Å²) >= 11 is 0. The lowest BCUT2D eigenvalue weighted by Crippen LogP contribution is -2.15. The summed E-state index contributed by atoms with van der Waals surface area (Å²) in [7, 11) is 0. The molecular weight excluding hydrogens is 425 g/mol. The summed E-state index contributed by atoms with van der Waals surface area (Å²) in [5, 5.41) is 4.02. The normalized spacial score (nSPS) is 13.9. The Bertz CT molecular complexity index is 1190. The van der Waals surface area contributed by atoms with Crippen LogP contribution in [0.3, 0.4) is 0 Å². The molecule has 1 saturated carbocycles. The van der Waals surface area contributed by atoms with Gasteiger partial charge in [-0.15, -0.1) is 0 Å². The van der Waals surface area contributed by atoms with E-state index < -0.39 is 24.3 Å². The molecule has 0 saturated heterocycles. The molecule has 3 heterocycles. The van der Waals surface area contributed by atoms with Crippen LogP contribution in [0.4, 0.5) is 13.2 Å². The number of hydrogen-bond donors (Lipinski definition) is 0. The number of carbonyl (C=O) groups is 2. The van der Waals surface area contributed by atoms with E-state index in [1.807, 2.05) is 19.9 Å². The van der Waals surface area contributed by atoms with Gasteiger partial charge in [0.15, 0.2) is 12.4 Å². The Morgan fingerprint density at radius 3 is 2.41 bits per heavy atom. The van der Waals surface area contributed by atoms with Crippen LogP contribution in [0.1, 0.15) is 62.2 Å². The molecule has 0 unspecified atom stereocenters. The van der Waals surface area contributed by atoms with Crippen LogP contribution in [-0.2, 0) is 10.9 Å². The number of nitrogens with zero attached hydrogens (tertiary/aromatic N) is 4. The molecule has 1 aliphatic rings. The quantitative estimate of drug-likeness (QED) is 0.415. The van der Waals surface area contributed by atoms with E-state index in [1.165, 1.54) is 10.9 Å². The second-order valence-electron chi connectivity index (χ2n) is 7.84. The number of halogens is 3. The summed E-state index contributed by atoms with van der Waals surface area (Å²) in [6.45, 7) is 4.97. The van der Waals surface area contributed by atoms with Crippen molar-refractivity contribution < 1.29 is 27.5 Å². The fraction of sp³-hybridized carbons (Fsp3) is 0.364. The van der Waals surface area contributed by atoms with E-state index in [4.69, 9.17) is 4.74 Å². The summed E-state index contributed by atoms with van der Waals surface area (Å²) in [5.74, 6) is -0.920. The summed E-state index contributed by atoms with van der Waals surface area (Å²) < 4.78 is 46.7. The average Bonchev–Trinajstić information content (AvgIpc) is 3.42. The van der Waals surface area contributed by atoms with Gasteiger partial charge in [0, 0.05) is 29.2 Å². The number of hydrogen-bond acceptors (Lipinski definition) is 5. The largest absolute Gasteiger partial charge is 0.454 e.